The summed E-state index contributed by atoms with van der Waals surface area (Å²) in [6, 6.07) is 4.84. The summed E-state index contributed by atoms with van der Waals surface area (Å²) in [7, 11) is 0. The van der Waals surface area contributed by atoms with E-state index in [0.29, 0.717) is 13.2 Å². The highest BCUT2D eigenvalue weighted by molar-refractivity contribution is 5.92. The zero-order valence-corrected chi connectivity index (χ0v) is 12.7. The lowest BCUT2D eigenvalue weighted by atomic mass is 10.2. The largest absolute Gasteiger partial charge is 0.416 e. The number of nitrogens with zero attached hydrogens (tertiary/aromatic N) is 2. The van der Waals surface area contributed by atoms with Crippen molar-refractivity contribution in [3.63, 3.8) is 0 Å². The summed E-state index contributed by atoms with van der Waals surface area (Å²) in [5.74, 6) is -0.378. The first-order valence-corrected chi connectivity index (χ1v) is 7.55. The second-order valence-electron chi connectivity index (χ2n) is 5.56. The number of imidazole rings is 1. The molecule has 24 heavy (non-hydrogen) atoms. The molecule has 5 nitrogen and oxygen atoms in total. The lowest BCUT2D eigenvalue weighted by molar-refractivity contribution is -0.137. The molecule has 1 aromatic carbocycles. The maximum absolute atomic E-state index is 12.8. The van der Waals surface area contributed by atoms with E-state index in [-0.39, 0.29) is 23.4 Å². The van der Waals surface area contributed by atoms with Gasteiger partial charge in [-0.25, -0.2) is 4.98 Å². The van der Waals surface area contributed by atoms with Crippen LogP contribution in [0.3, 0.4) is 0 Å². The fourth-order valence-electron chi connectivity index (χ4n) is 2.53. The highest BCUT2D eigenvalue weighted by Crippen LogP contribution is 2.30. The highest BCUT2D eigenvalue weighted by Gasteiger charge is 2.30. The van der Waals surface area contributed by atoms with Gasteiger partial charge in [0.15, 0.2) is 0 Å². The van der Waals surface area contributed by atoms with Gasteiger partial charge in [-0.2, -0.15) is 13.2 Å². The number of alkyl halides is 3. The van der Waals surface area contributed by atoms with Gasteiger partial charge in [0, 0.05) is 25.0 Å². The number of amides is 1. The lowest BCUT2D eigenvalue weighted by Gasteiger charge is -2.09. The van der Waals surface area contributed by atoms with Crippen molar-refractivity contribution >= 4 is 5.91 Å². The second kappa shape index (κ2) is 6.64. The fraction of sp³-hybridized carbons (Fsp3) is 0.375. The molecule has 1 amide bonds. The standard InChI is InChI=1S/C16H16F3N3O2/c17-16(18,19)11-3-1-4-12(7-11)22-9-14(21-10-22)15(23)20-8-13-5-2-6-24-13/h1,3-4,7,9-10,13H,2,5-6,8H2,(H,20,23)/t13-/m1/s1. The van der Waals surface area contributed by atoms with E-state index in [1.165, 1.54) is 29.2 Å². The Labute approximate surface area is 136 Å². The van der Waals surface area contributed by atoms with Gasteiger partial charge in [-0.1, -0.05) is 6.07 Å². The molecule has 2 heterocycles. The summed E-state index contributed by atoms with van der Waals surface area (Å²) in [4.78, 5) is 16.0. The van der Waals surface area contributed by atoms with Crippen LogP contribution in [0.2, 0.25) is 0 Å². The Morgan fingerprint density at radius 2 is 2.25 bits per heavy atom. The van der Waals surface area contributed by atoms with E-state index < -0.39 is 11.7 Å². The Bertz CT molecular complexity index is 721. The first kappa shape index (κ1) is 16.5. The molecule has 1 saturated heterocycles. The Balaban J connectivity index is 1.69. The van der Waals surface area contributed by atoms with Crippen LogP contribution in [0.15, 0.2) is 36.8 Å². The van der Waals surface area contributed by atoms with E-state index in [9.17, 15) is 18.0 Å². The molecule has 0 saturated carbocycles. The van der Waals surface area contributed by atoms with Gasteiger partial charge in [0.2, 0.25) is 0 Å². The molecule has 0 aliphatic carbocycles. The average molecular weight is 339 g/mol. The maximum atomic E-state index is 12.8. The number of carbonyl (C=O) groups is 1. The number of carbonyl (C=O) groups excluding carboxylic acids is 1. The van der Waals surface area contributed by atoms with Crippen molar-refractivity contribution in [3.05, 3.63) is 48.0 Å². The van der Waals surface area contributed by atoms with E-state index in [4.69, 9.17) is 4.74 Å². The van der Waals surface area contributed by atoms with Crippen molar-refractivity contribution < 1.29 is 22.7 Å². The molecule has 128 valence electrons. The summed E-state index contributed by atoms with van der Waals surface area (Å²) in [6.07, 6.45) is 0.193. The minimum Gasteiger partial charge on any atom is -0.376 e. The molecule has 1 N–H and O–H groups in total. The third kappa shape index (κ3) is 3.76. The van der Waals surface area contributed by atoms with Crippen LogP contribution >= 0.6 is 0 Å². The normalized spacial score (nSPS) is 17.9. The number of aromatic nitrogens is 2. The molecule has 0 bridgehead atoms. The fourth-order valence-corrected chi connectivity index (χ4v) is 2.53. The van der Waals surface area contributed by atoms with Crippen LogP contribution < -0.4 is 5.32 Å². The van der Waals surface area contributed by atoms with Crippen LogP contribution in [0.5, 0.6) is 0 Å². The molecule has 2 aromatic rings. The molecule has 1 atom stereocenters. The average Bonchev–Trinajstić information content (AvgIpc) is 3.23. The van der Waals surface area contributed by atoms with Crippen LogP contribution in [0, 0.1) is 0 Å². The van der Waals surface area contributed by atoms with Crippen molar-refractivity contribution in [3.8, 4) is 5.69 Å². The maximum Gasteiger partial charge on any atom is 0.416 e. The summed E-state index contributed by atoms with van der Waals surface area (Å²) in [5, 5.41) is 2.72. The Morgan fingerprint density at radius 3 is 2.96 bits per heavy atom. The molecule has 1 aliphatic rings. The smallest absolute Gasteiger partial charge is 0.376 e. The third-order valence-electron chi connectivity index (χ3n) is 3.80. The van der Waals surface area contributed by atoms with Gasteiger partial charge in [-0.3, -0.25) is 4.79 Å². The number of nitrogens with one attached hydrogen (secondary N) is 1. The molecule has 1 aromatic heterocycles. The zero-order valence-electron chi connectivity index (χ0n) is 12.7. The quantitative estimate of drug-likeness (QED) is 0.932. The summed E-state index contributed by atoms with van der Waals surface area (Å²) in [6.45, 7) is 1.10. The molecule has 1 fully saturated rings. The van der Waals surface area contributed by atoms with Crippen molar-refractivity contribution in [1.29, 1.82) is 0 Å². The minimum absolute atomic E-state index is 0.0134. The molecular weight excluding hydrogens is 323 g/mol. The Kier molecular flexibility index (Phi) is 4.57. The number of hydrogen-bond acceptors (Lipinski definition) is 3. The highest BCUT2D eigenvalue weighted by atomic mass is 19.4. The molecule has 0 unspecified atom stereocenters. The van der Waals surface area contributed by atoms with Gasteiger partial charge in [0.1, 0.15) is 12.0 Å². The Hall–Kier alpha value is -2.35. The Morgan fingerprint density at radius 1 is 1.42 bits per heavy atom. The molecule has 0 spiro atoms. The summed E-state index contributed by atoms with van der Waals surface area (Å²) >= 11 is 0. The number of hydrogen-bond donors (Lipinski definition) is 1. The van der Waals surface area contributed by atoms with Crippen LogP contribution in [0.1, 0.15) is 28.9 Å². The summed E-state index contributed by atoms with van der Waals surface area (Å²) in [5.41, 5.74) is -0.320. The van der Waals surface area contributed by atoms with Gasteiger partial charge < -0.3 is 14.6 Å². The van der Waals surface area contributed by atoms with Gasteiger partial charge in [-0.05, 0) is 31.0 Å². The number of benzene rings is 1. The van der Waals surface area contributed by atoms with E-state index >= 15 is 0 Å². The molecule has 0 radical (unpaired) electrons. The molecular formula is C16H16F3N3O2. The minimum atomic E-state index is -4.42. The first-order valence-electron chi connectivity index (χ1n) is 7.55. The third-order valence-corrected chi connectivity index (χ3v) is 3.80. The molecule has 8 heteroatoms. The monoisotopic (exact) mass is 339 g/mol. The van der Waals surface area contributed by atoms with Gasteiger partial charge >= 0.3 is 6.18 Å². The van der Waals surface area contributed by atoms with Crippen molar-refractivity contribution in [2.24, 2.45) is 0 Å². The van der Waals surface area contributed by atoms with Crippen LogP contribution in [0.4, 0.5) is 13.2 Å². The number of rotatable bonds is 4. The lowest BCUT2D eigenvalue weighted by Crippen LogP contribution is -2.31. The molecule has 1 aliphatic heterocycles. The topological polar surface area (TPSA) is 56.1 Å². The van der Waals surface area contributed by atoms with Crippen LogP contribution in [0.25, 0.3) is 5.69 Å². The SMILES string of the molecule is O=C(NC[C@H]1CCCO1)c1cn(-c2cccc(C(F)(F)F)c2)cn1. The number of ether oxygens (including phenoxy) is 1. The predicted molar refractivity (Wildman–Crippen MR) is 79.9 cm³/mol. The first-order chi connectivity index (χ1) is 11.4. The van der Waals surface area contributed by atoms with Gasteiger partial charge in [-0.15, -0.1) is 0 Å². The van der Waals surface area contributed by atoms with Crippen LogP contribution in [-0.4, -0.2) is 34.7 Å². The van der Waals surface area contributed by atoms with Gasteiger partial charge in [0.05, 0.1) is 11.7 Å². The second-order valence-corrected chi connectivity index (χ2v) is 5.56. The number of halogens is 3. The van der Waals surface area contributed by atoms with Crippen LogP contribution in [-0.2, 0) is 10.9 Å². The summed E-state index contributed by atoms with van der Waals surface area (Å²) < 4.78 is 45.1. The van der Waals surface area contributed by atoms with E-state index in [0.717, 1.165) is 25.0 Å². The van der Waals surface area contributed by atoms with Crippen molar-refractivity contribution in [2.75, 3.05) is 13.2 Å². The molecule has 3 rings (SSSR count). The predicted octanol–water partition coefficient (Wildman–Crippen LogP) is 2.80. The zero-order chi connectivity index (χ0) is 17.2. The van der Waals surface area contributed by atoms with E-state index in [1.54, 1.807) is 0 Å². The van der Waals surface area contributed by atoms with Crippen molar-refractivity contribution in [1.82, 2.24) is 14.9 Å². The van der Waals surface area contributed by atoms with Gasteiger partial charge in [0.25, 0.3) is 5.91 Å². The van der Waals surface area contributed by atoms with E-state index in [1.807, 2.05) is 0 Å². The van der Waals surface area contributed by atoms with E-state index in [2.05, 4.69) is 10.3 Å². The van der Waals surface area contributed by atoms with Crippen molar-refractivity contribution in [2.45, 2.75) is 25.1 Å².